The van der Waals surface area contributed by atoms with Crippen LogP contribution in [0.2, 0.25) is 0 Å². The second kappa shape index (κ2) is 8.12. The van der Waals surface area contributed by atoms with Crippen LogP contribution >= 0.6 is 0 Å². The van der Waals surface area contributed by atoms with E-state index in [0.29, 0.717) is 24.6 Å². The van der Waals surface area contributed by atoms with Crippen molar-refractivity contribution < 1.29 is 23.8 Å². The molecule has 0 aromatic heterocycles. The maximum absolute atomic E-state index is 12.7. The molecular formula is C21H23NO5. The molecule has 0 unspecified atom stereocenters. The molecule has 0 bridgehead atoms. The number of amides is 1. The van der Waals surface area contributed by atoms with Gasteiger partial charge in [-0.1, -0.05) is 24.3 Å². The molecular weight excluding hydrogens is 346 g/mol. The van der Waals surface area contributed by atoms with Crippen LogP contribution in [0.25, 0.3) is 0 Å². The monoisotopic (exact) mass is 369 g/mol. The largest absolute Gasteiger partial charge is 0.497 e. The van der Waals surface area contributed by atoms with E-state index in [4.69, 9.17) is 14.2 Å². The summed E-state index contributed by atoms with van der Waals surface area (Å²) in [6.45, 7) is 2.74. The summed E-state index contributed by atoms with van der Waals surface area (Å²) in [5, 5.41) is 0. The number of nitrogens with zero attached hydrogens (tertiary/aromatic N) is 1. The maximum atomic E-state index is 12.7. The minimum Gasteiger partial charge on any atom is -0.497 e. The molecule has 142 valence electrons. The number of carbonyl (C=O) groups excluding carboxylic acids is 2. The van der Waals surface area contributed by atoms with Crippen LogP contribution in [0, 0.1) is 0 Å². The topological polar surface area (TPSA) is 65.1 Å². The third-order valence-corrected chi connectivity index (χ3v) is 4.70. The lowest BCUT2D eigenvalue weighted by Gasteiger charge is -2.30. The van der Waals surface area contributed by atoms with E-state index in [-0.39, 0.29) is 11.5 Å². The van der Waals surface area contributed by atoms with Gasteiger partial charge in [-0.3, -0.25) is 4.79 Å². The average Bonchev–Trinajstić information content (AvgIpc) is 2.72. The van der Waals surface area contributed by atoms with Crippen LogP contribution in [0.15, 0.2) is 42.5 Å². The zero-order valence-corrected chi connectivity index (χ0v) is 15.7. The van der Waals surface area contributed by atoms with Gasteiger partial charge in [-0.15, -0.1) is 0 Å². The van der Waals surface area contributed by atoms with Gasteiger partial charge in [-0.2, -0.15) is 0 Å². The highest BCUT2D eigenvalue weighted by Crippen LogP contribution is 2.26. The van der Waals surface area contributed by atoms with Gasteiger partial charge in [-0.25, -0.2) is 4.79 Å². The molecule has 1 aliphatic heterocycles. The highest BCUT2D eigenvalue weighted by Gasteiger charge is 2.28. The fourth-order valence-corrected chi connectivity index (χ4v) is 3.18. The summed E-state index contributed by atoms with van der Waals surface area (Å²) in [4.78, 5) is 27.0. The number of ether oxygens (including phenoxy) is 3. The number of benzene rings is 2. The van der Waals surface area contributed by atoms with Gasteiger partial charge in [-0.05, 0) is 36.6 Å². The van der Waals surface area contributed by atoms with E-state index in [0.717, 1.165) is 12.0 Å². The van der Waals surface area contributed by atoms with Crippen molar-refractivity contribution in [2.45, 2.75) is 26.0 Å². The Morgan fingerprint density at radius 3 is 2.48 bits per heavy atom. The third kappa shape index (κ3) is 4.05. The van der Waals surface area contributed by atoms with Crippen molar-refractivity contribution >= 4 is 11.9 Å². The molecule has 0 saturated carbocycles. The Labute approximate surface area is 158 Å². The van der Waals surface area contributed by atoms with Gasteiger partial charge in [0.1, 0.15) is 17.1 Å². The molecule has 27 heavy (non-hydrogen) atoms. The van der Waals surface area contributed by atoms with Crippen LogP contribution < -0.4 is 9.47 Å². The van der Waals surface area contributed by atoms with E-state index < -0.39 is 12.1 Å². The molecule has 3 rings (SSSR count). The van der Waals surface area contributed by atoms with E-state index in [1.165, 1.54) is 19.8 Å². The molecule has 2 aromatic rings. The number of fused-ring (bicyclic) bond motifs is 1. The molecule has 1 aliphatic rings. The summed E-state index contributed by atoms with van der Waals surface area (Å²) in [7, 11) is 3.00. The third-order valence-electron chi connectivity index (χ3n) is 4.70. The van der Waals surface area contributed by atoms with Crippen LogP contribution in [0.5, 0.6) is 11.5 Å². The first kappa shape index (κ1) is 18.8. The smallest absolute Gasteiger partial charge is 0.342 e. The van der Waals surface area contributed by atoms with Gasteiger partial charge in [0.25, 0.3) is 5.91 Å². The van der Waals surface area contributed by atoms with Gasteiger partial charge < -0.3 is 19.1 Å². The predicted octanol–water partition coefficient (Wildman–Crippen LogP) is 2.83. The van der Waals surface area contributed by atoms with Crippen LogP contribution in [0.1, 0.15) is 28.4 Å². The molecule has 6 heteroatoms. The summed E-state index contributed by atoms with van der Waals surface area (Å²) in [6.07, 6.45) is -0.0795. The number of hydrogen-bond donors (Lipinski definition) is 0. The van der Waals surface area contributed by atoms with E-state index in [9.17, 15) is 9.59 Å². The predicted molar refractivity (Wildman–Crippen MR) is 100.0 cm³/mol. The van der Waals surface area contributed by atoms with Crippen molar-refractivity contribution in [1.29, 1.82) is 0 Å². The van der Waals surface area contributed by atoms with Crippen molar-refractivity contribution in [1.82, 2.24) is 4.90 Å². The van der Waals surface area contributed by atoms with Gasteiger partial charge in [0.15, 0.2) is 6.10 Å². The molecule has 6 nitrogen and oxygen atoms in total. The number of carbonyl (C=O) groups is 2. The number of rotatable bonds is 5. The van der Waals surface area contributed by atoms with E-state index >= 15 is 0 Å². The number of methoxy groups -OCH3 is 2. The fraction of sp³-hybridized carbons (Fsp3) is 0.333. The molecule has 1 heterocycles. The molecule has 0 aliphatic carbocycles. The molecule has 1 amide bonds. The normalized spacial score (nSPS) is 14.1. The van der Waals surface area contributed by atoms with Gasteiger partial charge in [0, 0.05) is 19.2 Å². The summed E-state index contributed by atoms with van der Waals surface area (Å²) < 4.78 is 15.8. The quantitative estimate of drug-likeness (QED) is 0.759. The zero-order chi connectivity index (χ0) is 19.4. The maximum Gasteiger partial charge on any atom is 0.342 e. The van der Waals surface area contributed by atoms with E-state index in [1.54, 1.807) is 30.0 Å². The molecule has 0 saturated heterocycles. The van der Waals surface area contributed by atoms with Crippen LogP contribution in [0.3, 0.4) is 0 Å². The minimum atomic E-state index is -0.880. The van der Waals surface area contributed by atoms with Crippen molar-refractivity contribution in [2.75, 3.05) is 20.8 Å². The minimum absolute atomic E-state index is 0.203. The molecule has 1 atom stereocenters. The highest BCUT2D eigenvalue weighted by atomic mass is 16.5. The molecule has 0 fully saturated rings. The Kier molecular flexibility index (Phi) is 5.64. The van der Waals surface area contributed by atoms with E-state index in [2.05, 4.69) is 6.07 Å². The second-order valence-corrected chi connectivity index (χ2v) is 6.39. The van der Waals surface area contributed by atoms with E-state index in [1.807, 2.05) is 18.2 Å². The SMILES string of the molecule is COc1ccc(C(=O)O[C@@H](C)C(=O)N2CCc3ccccc3C2)c(OC)c1. The second-order valence-electron chi connectivity index (χ2n) is 6.39. The number of esters is 1. The van der Waals surface area contributed by atoms with Crippen molar-refractivity contribution in [2.24, 2.45) is 0 Å². The van der Waals surface area contributed by atoms with Crippen LogP contribution in [-0.2, 0) is 22.5 Å². The van der Waals surface area contributed by atoms with Crippen LogP contribution in [0.4, 0.5) is 0 Å². The van der Waals surface area contributed by atoms with Crippen molar-refractivity contribution in [3.05, 3.63) is 59.2 Å². The molecule has 0 radical (unpaired) electrons. The van der Waals surface area contributed by atoms with Gasteiger partial charge in [0.2, 0.25) is 0 Å². The first-order chi connectivity index (χ1) is 13.0. The zero-order valence-electron chi connectivity index (χ0n) is 15.7. The molecule has 0 N–H and O–H groups in total. The van der Waals surface area contributed by atoms with Crippen LogP contribution in [-0.4, -0.2) is 43.6 Å². The number of hydrogen-bond acceptors (Lipinski definition) is 5. The van der Waals surface area contributed by atoms with Crippen molar-refractivity contribution in [3.63, 3.8) is 0 Å². The van der Waals surface area contributed by atoms with Crippen molar-refractivity contribution in [3.8, 4) is 11.5 Å². The summed E-state index contributed by atoms with van der Waals surface area (Å²) >= 11 is 0. The average molecular weight is 369 g/mol. The summed E-state index contributed by atoms with van der Waals surface area (Å²) in [5.41, 5.74) is 2.64. The Balaban J connectivity index is 1.67. The lowest BCUT2D eigenvalue weighted by Crippen LogP contribution is -2.42. The Hall–Kier alpha value is -3.02. The van der Waals surface area contributed by atoms with Gasteiger partial charge in [0.05, 0.1) is 14.2 Å². The molecule has 2 aromatic carbocycles. The fourth-order valence-electron chi connectivity index (χ4n) is 3.18. The Morgan fingerprint density at radius 2 is 1.78 bits per heavy atom. The lowest BCUT2D eigenvalue weighted by atomic mass is 9.99. The Morgan fingerprint density at radius 1 is 1.04 bits per heavy atom. The summed E-state index contributed by atoms with van der Waals surface area (Å²) in [5.74, 6) is 0.100. The highest BCUT2D eigenvalue weighted by molar-refractivity contribution is 5.95. The first-order valence-corrected chi connectivity index (χ1v) is 8.82. The standard InChI is InChI=1S/C21H23NO5/c1-14(20(23)22-11-10-15-6-4-5-7-16(15)13-22)27-21(24)18-9-8-17(25-2)12-19(18)26-3/h4-9,12,14H,10-11,13H2,1-3H3/t14-/m0/s1. The van der Waals surface area contributed by atoms with Gasteiger partial charge >= 0.3 is 5.97 Å². The first-order valence-electron chi connectivity index (χ1n) is 8.82. The lowest BCUT2D eigenvalue weighted by molar-refractivity contribution is -0.140. The Bertz CT molecular complexity index is 848. The summed E-state index contributed by atoms with van der Waals surface area (Å²) in [6, 6.07) is 12.9. The molecule has 0 spiro atoms.